The number of hydrogen-bond acceptors (Lipinski definition) is 3. The summed E-state index contributed by atoms with van der Waals surface area (Å²) in [6.07, 6.45) is 4.69. The fourth-order valence-electron chi connectivity index (χ4n) is 2.39. The minimum absolute atomic E-state index is 0.0484. The topological polar surface area (TPSA) is 87.2 Å². The molecule has 1 atom stereocenters. The maximum Gasteiger partial charge on any atom is 0.216 e. The zero-order valence-corrected chi connectivity index (χ0v) is 12.2. The Hall–Kier alpha value is -0.620. The average molecular weight is 275 g/mol. The predicted molar refractivity (Wildman–Crippen MR) is 74.1 cm³/mol. The van der Waals surface area contributed by atoms with Gasteiger partial charge in [-0.15, -0.1) is 0 Å². The van der Waals surface area contributed by atoms with Gasteiger partial charge in [0.05, 0.1) is 11.1 Å². The van der Waals surface area contributed by atoms with Crippen LogP contribution < -0.4 is 5.73 Å². The van der Waals surface area contributed by atoms with E-state index in [4.69, 9.17) is 11.1 Å². The third kappa shape index (κ3) is 3.68. The molecule has 1 unspecified atom stereocenters. The third-order valence-corrected chi connectivity index (χ3v) is 6.14. The summed E-state index contributed by atoms with van der Waals surface area (Å²) in [6.45, 7) is 4.41. The quantitative estimate of drug-likeness (QED) is 0.569. The standard InChI is InChI=1S/C12H25N3O2S/c1-3-15(9-10(2)12(13)14)18(16,17)11-7-5-4-6-8-11/h10-11H,3-9H2,1-2H3,(H3,13,14). The van der Waals surface area contributed by atoms with Gasteiger partial charge >= 0.3 is 0 Å². The van der Waals surface area contributed by atoms with Crippen molar-refractivity contribution in [2.24, 2.45) is 11.7 Å². The van der Waals surface area contributed by atoms with E-state index in [-0.39, 0.29) is 17.0 Å². The van der Waals surface area contributed by atoms with E-state index in [2.05, 4.69) is 0 Å². The second kappa shape index (κ2) is 6.52. The normalized spacial score (nSPS) is 19.9. The minimum atomic E-state index is -3.22. The Morgan fingerprint density at radius 3 is 2.39 bits per heavy atom. The van der Waals surface area contributed by atoms with Gasteiger partial charge in [-0.3, -0.25) is 5.41 Å². The van der Waals surface area contributed by atoms with E-state index in [0.717, 1.165) is 32.1 Å². The highest BCUT2D eigenvalue weighted by molar-refractivity contribution is 7.89. The lowest BCUT2D eigenvalue weighted by Gasteiger charge is -2.30. The molecule has 6 heteroatoms. The fourth-order valence-corrected chi connectivity index (χ4v) is 4.53. The molecule has 1 fully saturated rings. The monoisotopic (exact) mass is 275 g/mol. The van der Waals surface area contributed by atoms with Crippen LogP contribution in [0.25, 0.3) is 0 Å². The van der Waals surface area contributed by atoms with Gasteiger partial charge in [-0.05, 0) is 12.8 Å². The summed E-state index contributed by atoms with van der Waals surface area (Å²) >= 11 is 0. The van der Waals surface area contributed by atoms with E-state index in [0.29, 0.717) is 13.1 Å². The largest absolute Gasteiger partial charge is 0.387 e. The molecule has 0 bridgehead atoms. The summed E-state index contributed by atoms with van der Waals surface area (Å²) in [6, 6.07) is 0. The first-order chi connectivity index (χ1) is 8.39. The molecule has 1 aliphatic rings. The molecule has 0 aromatic carbocycles. The lowest BCUT2D eigenvalue weighted by atomic mass is 10.0. The van der Waals surface area contributed by atoms with Gasteiger partial charge in [-0.25, -0.2) is 12.7 Å². The van der Waals surface area contributed by atoms with Crippen LogP contribution in [-0.4, -0.2) is 36.9 Å². The van der Waals surface area contributed by atoms with Crippen molar-refractivity contribution in [3.8, 4) is 0 Å². The zero-order chi connectivity index (χ0) is 13.8. The number of nitrogens with two attached hydrogens (primary N) is 1. The van der Waals surface area contributed by atoms with Crippen molar-refractivity contribution < 1.29 is 8.42 Å². The zero-order valence-electron chi connectivity index (χ0n) is 11.4. The Balaban J connectivity index is 2.75. The number of rotatable bonds is 6. The van der Waals surface area contributed by atoms with E-state index in [1.165, 1.54) is 4.31 Å². The molecule has 1 saturated carbocycles. The van der Waals surface area contributed by atoms with Gasteiger partial charge in [-0.2, -0.15) is 0 Å². The number of sulfonamides is 1. The highest BCUT2D eigenvalue weighted by Gasteiger charge is 2.32. The molecule has 5 nitrogen and oxygen atoms in total. The van der Waals surface area contributed by atoms with E-state index >= 15 is 0 Å². The van der Waals surface area contributed by atoms with Gasteiger partial charge in [0.25, 0.3) is 0 Å². The molecule has 1 rings (SSSR count). The van der Waals surface area contributed by atoms with Crippen LogP contribution in [0.15, 0.2) is 0 Å². The summed E-state index contributed by atoms with van der Waals surface area (Å²) in [4.78, 5) is 0. The van der Waals surface area contributed by atoms with Crippen molar-refractivity contribution in [3.63, 3.8) is 0 Å². The van der Waals surface area contributed by atoms with Crippen LogP contribution >= 0.6 is 0 Å². The summed E-state index contributed by atoms with van der Waals surface area (Å²) < 4.78 is 26.5. The van der Waals surface area contributed by atoms with Crippen LogP contribution in [0, 0.1) is 11.3 Å². The second-order valence-corrected chi connectivity index (χ2v) is 7.32. The Labute approximate surface area is 110 Å². The van der Waals surface area contributed by atoms with E-state index < -0.39 is 10.0 Å². The SMILES string of the molecule is CCN(CC(C)C(=N)N)S(=O)(=O)C1CCCCC1. The van der Waals surface area contributed by atoms with E-state index in [9.17, 15) is 8.42 Å². The maximum atomic E-state index is 12.5. The van der Waals surface area contributed by atoms with Gasteiger partial charge in [0, 0.05) is 19.0 Å². The second-order valence-electron chi connectivity index (χ2n) is 5.11. The minimum Gasteiger partial charge on any atom is -0.387 e. The molecule has 0 amide bonds. The Morgan fingerprint density at radius 1 is 1.39 bits per heavy atom. The van der Waals surface area contributed by atoms with Crippen molar-refractivity contribution in [3.05, 3.63) is 0 Å². The fraction of sp³-hybridized carbons (Fsp3) is 0.917. The van der Waals surface area contributed by atoms with Gasteiger partial charge in [0.2, 0.25) is 10.0 Å². The molecule has 18 heavy (non-hydrogen) atoms. The van der Waals surface area contributed by atoms with Gasteiger partial charge in [0.1, 0.15) is 0 Å². The van der Waals surface area contributed by atoms with E-state index in [1.54, 1.807) is 6.92 Å². The molecule has 106 valence electrons. The summed E-state index contributed by atoms with van der Waals surface area (Å²) in [5.41, 5.74) is 5.42. The molecule has 3 N–H and O–H groups in total. The number of nitrogens with one attached hydrogen (secondary N) is 1. The smallest absolute Gasteiger partial charge is 0.216 e. The molecule has 0 aliphatic heterocycles. The van der Waals surface area contributed by atoms with Crippen LogP contribution in [0.4, 0.5) is 0 Å². The molecule has 0 aromatic rings. The number of nitrogens with zero attached hydrogens (tertiary/aromatic N) is 1. The van der Waals surface area contributed by atoms with E-state index in [1.807, 2.05) is 6.92 Å². The van der Waals surface area contributed by atoms with Crippen LogP contribution in [0.3, 0.4) is 0 Å². The van der Waals surface area contributed by atoms with Crippen LogP contribution in [0.2, 0.25) is 0 Å². The third-order valence-electron chi connectivity index (χ3n) is 3.69. The van der Waals surface area contributed by atoms with Crippen LogP contribution in [-0.2, 0) is 10.0 Å². The van der Waals surface area contributed by atoms with Gasteiger partial charge in [0.15, 0.2) is 0 Å². The van der Waals surface area contributed by atoms with Crippen molar-refractivity contribution in [2.45, 2.75) is 51.2 Å². The van der Waals surface area contributed by atoms with Crippen LogP contribution in [0.1, 0.15) is 46.0 Å². The molecule has 0 heterocycles. The lowest BCUT2D eigenvalue weighted by Crippen LogP contribution is -2.43. The van der Waals surface area contributed by atoms with Crippen molar-refractivity contribution in [1.82, 2.24) is 4.31 Å². The molecular weight excluding hydrogens is 250 g/mol. The van der Waals surface area contributed by atoms with Crippen molar-refractivity contribution >= 4 is 15.9 Å². The highest BCUT2D eigenvalue weighted by Crippen LogP contribution is 2.26. The molecule has 1 aliphatic carbocycles. The highest BCUT2D eigenvalue weighted by atomic mass is 32.2. The average Bonchev–Trinajstić information content (AvgIpc) is 2.36. The molecule has 0 radical (unpaired) electrons. The Morgan fingerprint density at radius 2 is 1.94 bits per heavy atom. The summed E-state index contributed by atoms with van der Waals surface area (Å²) in [7, 11) is -3.22. The molecule has 0 spiro atoms. The Kier molecular flexibility index (Phi) is 5.59. The van der Waals surface area contributed by atoms with Crippen LogP contribution in [0.5, 0.6) is 0 Å². The first-order valence-corrected chi connectivity index (χ1v) is 8.22. The Bertz CT molecular complexity index is 375. The lowest BCUT2D eigenvalue weighted by molar-refractivity contribution is 0.381. The first kappa shape index (κ1) is 15.4. The van der Waals surface area contributed by atoms with Crippen molar-refractivity contribution in [2.75, 3.05) is 13.1 Å². The molecule has 0 aromatic heterocycles. The maximum absolute atomic E-state index is 12.5. The number of hydrogen-bond donors (Lipinski definition) is 2. The summed E-state index contributed by atoms with van der Waals surface area (Å²) in [5.74, 6) is -0.171. The predicted octanol–water partition coefficient (Wildman–Crippen LogP) is 1.54. The number of amidine groups is 1. The first-order valence-electron chi connectivity index (χ1n) is 6.72. The summed E-state index contributed by atoms with van der Waals surface area (Å²) in [5, 5.41) is 7.14. The van der Waals surface area contributed by atoms with Gasteiger partial charge in [-0.1, -0.05) is 33.1 Å². The van der Waals surface area contributed by atoms with Crippen molar-refractivity contribution in [1.29, 1.82) is 5.41 Å². The molecular formula is C12H25N3O2S. The molecule has 0 saturated heterocycles. The van der Waals surface area contributed by atoms with Gasteiger partial charge < -0.3 is 5.73 Å².